The summed E-state index contributed by atoms with van der Waals surface area (Å²) in [7, 11) is 0. The Morgan fingerprint density at radius 1 is 0.398 bits per heavy atom. The molecule has 1 amide bonds. The summed E-state index contributed by atoms with van der Waals surface area (Å²) in [5.74, 6) is -0.185. The van der Waals surface area contributed by atoms with Crippen LogP contribution in [0.4, 0.5) is 0 Å². The van der Waals surface area contributed by atoms with Crippen molar-refractivity contribution in [1.82, 2.24) is 5.32 Å². The number of rotatable bonds is 64. The number of hydrogen-bond acceptors (Lipinski definition) is 8. The van der Waals surface area contributed by atoms with Gasteiger partial charge >= 0.3 is 0 Å². The second-order valence-electron chi connectivity index (χ2n) is 25.4. The van der Waals surface area contributed by atoms with Crippen LogP contribution < -0.4 is 5.32 Å². The molecule has 0 saturated carbocycles. The van der Waals surface area contributed by atoms with Crippen LogP contribution in [0.25, 0.3) is 0 Å². The molecule has 0 aromatic carbocycles. The SMILES string of the molecule is CCCCCCCCCC/C=C\CCCCCCCCCCCCCCCCCCCC(=O)NC(COC1OC(CO)C(O)C(O)C1O)C(O)/C=C/CC/C=C/CC/C=C/CCCCCCCCCCCCCCCCCCCCCCC. The van der Waals surface area contributed by atoms with Crippen molar-refractivity contribution in [2.24, 2.45) is 0 Å². The number of ether oxygens (including phenoxy) is 2. The van der Waals surface area contributed by atoms with Gasteiger partial charge in [-0.2, -0.15) is 0 Å². The monoisotopic (exact) mass is 1170 g/mol. The molecule has 0 aliphatic carbocycles. The number of carbonyl (C=O) groups excluding carboxylic acids is 1. The minimum Gasteiger partial charge on any atom is -0.394 e. The summed E-state index contributed by atoms with van der Waals surface area (Å²) in [6, 6.07) is -0.830. The summed E-state index contributed by atoms with van der Waals surface area (Å²) in [6.45, 7) is 3.81. The molecule has 0 aromatic rings. The summed E-state index contributed by atoms with van der Waals surface area (Å²) >= 11 is 0. The molecule has 1 heterocycles. The topological polar surface area (TPSA) is 149 Å². The molecule has 7 unspecified atom stereocenters. The summed E-state index contributed by atoms with van der Waals surface area (Å²) in [5, 5.41) is 54.8. The van der Waals surface area contributed by atoms with Crippen LogP contribution in [0.1, 0.15) is 361 Å². The van der Waals surface area contributed by atoms with Crippen molar-refractivity contribution in [3.63, 3.8) is 0 Å². The Balaban J connectivity index is 2.15. The number of hydrogen-bond donors (Lipinski definition) is 6. The third-order valence-electron chi connectivity index (χ3n) is 17.4. The lowest BCUT2D eigenvalue weighted by Crippen LogP contribution is -2.60. The molecule has 6 N–H and O–H groups in total. The fourth-order valence-corrected chi connectivity index (χ4v) is 11.7. The average molecular weight is 1170 g/mol. The van der Waals surface area contributed by atoms with E-state index in [0.29, 0.717) is 6.42 Å². The second kappa shape index (κ2) is 63.2. The first-order valence-electron chi connectivity index (χ1n) is 36.4. The lowest BCUT2D eigenvalue weighted by Gasteiger charge is -2.40. The number of carbonyl (C=O) groups is 1. The first kappa shape index (κ1) is 79.2. The van der Waals surface area contributed by atoms with E-state index in [9.17, 15) is 30.3 Å². The molecule has 83 heavy (non-hydrogen) atoms. The minimum atomic E-state index is -1.58. The highest BCUT2D eigenvalue weighted by molar-refractivity contribution is 5.76. The Bertz CT molecular complexity index is 1450. The Labute approximate surface area is 514 Å². The Morgan fingerprint density at radius 2 is 0.687 bits per heavy atom. The van der Waals surface area contributed by atoms with Crippen molar-refractivity contribution >= 4 is 5.91 Å². The number of aliphatic hydroxyl groups is 5. The fraction of sp³-hybridized carbons (Fsp3) is 0.878. The van der Waals surface area contributed by atoms with E-state index in [1.807, 2.05) is 6.08 Å². The molecule has 0 spiro atoms. The molecular formula is C74H139NO8. The van der Waals surface area contributed by atoms with Crippen LogP contribution in [0, 0.1) is 0 Å². The molecule has 0 aromatic heterocycles. The van der Waals surface area contributed by atoms with Crippen molar-refractivity contribution in [2.45, 2.75) is 403 Å². The van der Waals surface area contributed by atoms with Gasteiger partial charge in [-0.1, -0.05) is 332 Å². The van der Waals surface area contributed by atoms with Crippen molar-refractivity contribution in [3.8, 4) is 0 Å². The number of unbranched alkanes of at least 4 members (excludes halogenated alkanes) is 48. The zero-order chi connectivity index (χ0) is 60.0. The Hall–Kier alpha value is -1.85. The quantitative estimate of drug-likeness (QED) is 0.0261. The highest BCUT2D eigenvalue weighted by Crippen LogP contribution is 2.23. The second-order valence-corrected chi connectivity index (χ2v) is 25.4. The smallest absolute Gasteiger partial charge is 0.220 e. The van der Waals surface area contributed by atoms with E-state index in [1.54, 1.807) is 6.08 Å². The van der Waals surface area contributed by atoms with E-state index in [-0.39, 0.29) is 12.5 Å². The van der Waals surface area contributed by atoms with Crippen LogP contribution in [-0.4, -0.2) is 87.5 Å². The summed E-state index contributed by atoms with van der Waals surface area (Å²) in [4.78, 5) is 13.1. The predicted octanol–water partition coefficient (Wildman–Crippen LogP) is 20.0. The van der Waals surface area contributed by atoms with Crippen molar-refractivity contribution in [1.29, 1.82) is 0 Å². The van der Waals surface area contributed by atoms with Gasteiger partial charge in [0.15, 0.2) is 6.29 Å². The summed E-state index contributed by atoms with van der Waals surface area (Å²) < 4.78 is 11.3. The molecule has 9 nitrogen and oxygen atoms in total. The van der Waals surface area contributed by atoms with Crippen LogP contribution in [0.5, 0.6) is 0 Å². The van der Waals surface area contributed by atoms with Crippen LogP contribution in [0.3, 0.4) is 0 Å². The fourth-order valence-electron chi connectivity index (χ4n) is 11.7. The molecular weight excluding hydrogens is 1030 g/mol. The molecule has 1 rings (SSSR count). The molecule has 9 heteroatoms. The molecule has 1 fully saturated rings. The number of nitrogens with one attached hydrogen (secondary N) is 1. The van der Waals surface area contributed by atoms with Gasteiger partial charge in [-0.15, -0.1) is 0 Å². The lowest BCUT2D eigenvalue weighted by molar-refractivity contribution is -0.302. The number of amides is 1. The number of aliphatic hydroxyl groups excluding tert-OH is 5. The maximum absolute atomic E-state index is 13.1. The van der Waals surface area contributed by atoms with Gasteiger partial charge < -0.3 is 40.3 Å². The normalized spacial score (nSPS) is 18.5. The van der Waals surface area contributed by atoms with E-state index in [1.165, 1.54) is 295 Å². The highest BCUT2D eigenvalue weighted by atomic mass is 16.7. The van der Waals surface area contributed by atoms with Gasteiger partial charge in [-0.05, 0) is 70.6 Å². The highest BCUT2D eigenvalue weighted by Gasteiger charge is 2.44. The molecule has 488 valence electrons. The maximum Gasteiger partial charge on any atom is 0.220 e. The van der Waals surface area contributed by atoms with Gasteiger partial charge in [0.25, 0.3) is 0 Å². The van der Waals surface area contributed by atoms with E-state index >= 15 is 0 Å². The van der Waals surface area contributed by atoms with Crippen molar-refractivity contribution in [3.05, 3.63) is 48.6 Å². The predicted molar refractivity (Wildman–Crippen MR) is 355 cm³/mol. The van der Waals surface area contributed by atoms with Crippen LogP contribution >= 0.6 is 0 Å². The largest absolute Gasteiger partial charge is 0.394 e. The minimum absolute atomic E-state index is 0.185. The van der Waals surface area contributed by atoms with Crippen LogP contribution in [0.2, 0.25) is 0 Å². The van der Waals surface area contributed by atoms with Crippen LogP contribution in [0.15, 0.2) is 48.6 Å². The van der Waals surface area contributed by atoms with Gasteiger partial charge in [0, 0.05) is 6.42 Å². The van der Waals surface area contributed by atoms with Gasteiger partial charge in [-0.25, -0.2) is 0 Å². The van der Waals surface area contributed by atoms with Crippen LogP contribution in [-0.2, 0) is 14.3 Å². The van der Waals surface area contributed by atoms with Crippen molar-refractivity contribution in [2.75, 3.05) is 13.2 Å². The molecule has 1 aliphatic heterocycles. The third-order valence-corrected chi connectivity index (χ3v) is 17.4. The Morgan fingerprint density at radius 3 is 1.01 bits per heavy atom. The van der Waals surface area contributed by atoms with E-state index in [4.69, 9.17) is 9.47 Å². The molecule has 1 aliphatic rings. The lowest BCUT2D eigenvalue weighted by atomic mass is 9.99. The first-order chi connectivity index (χ1) is 40.8. The third kappa shape index (κ3) is 51.9. The summed E-state index contributed by atoms with van der Waals surface area (Å²) in [5.41, 5.74) is 0. The Kier molecular flexibility index (Phi) is 60.3. The van der Waals surface area contributed by atoms with Gasteiger partial charge in [0.1, 0.15) is 24.4 Å². The van der Waals surface area contributed by atoms with Gasteiger partial charge in [0.05, 0.1) is 25.4 Å². The average Bonchev–Trinajstić information content (AvgIpc) is 3.60. The number of allylic oxidation sites excluding steroid dienone is 7. The first-order valence-corrected chi connectivity index (χ1v) is 36.4. The molecule has 0 radical (unpaired) electrons. The molecule has 1 saturated heterocycles. The standard InChI is InChI=1S/C74H139NO8/c1-3-5-7-9-11-13-15-17-19-21-23-25-27-29-31-33-34-36-37-39-41-43-45-47-49-51-53-55-57-59-61-63-68(77)67(66-82-74-73(81)72(80)71(79)69(65-76)83-74)75-70(78)64-62-60-58-56-54-52-50-48-46-44-42-40-38-35-32-30-28-26-24-22-20-18-16-14-12-10-8-6-4-2/h22,24,45,47,53,55,61,63,67-69,71-74,76-77,79-81H,3-21,23,25-44,46,48-52,54,56-60,62,64-66H2,1-2H3,(H,75,78)/b24-22-,47-45+,55-53+,63-61+. The maximum atomic E-state index is 13.1. The van der Waals surface area contributed by atoms with E-state index < -0.39 is 49.5 Å². The van der Waals surface area contributed by atoms with E-state index in [2.05, 4.69) is 55.6 Å². The zero-order valence-corrected chi connectivity index (χ0v) is 54.7. The van der Waals surface area contributed by atoms with Gasteiger partial charge in [-0.3, -0.25) is 4.79 Å². The molecule has 7 atom stereocenters. The van der Waals surface area contributed by atoms with Gasteiger partial charge in [0.2, 0.25) is 5.91 Å². The van der Waals surface area contributed by atoms with E-state index in [0.717, 1.165) is 44.9 Å². The zero-order valence-electron chi connectivity index (χ0n) is 54.7. The van der Waals surface area contributed by atoms with Crippen molar-refractivity contribution < 1.29 is 39.8 Å². The molecule has 0 bridgehead atoms. The summed E-state index contributed by atoms with van der Waals surface area (Å²) in [6.07, 6.45) is 79.5.